The molecule has 0 amide bonds. The summed E-state index contributed by atoms with van der Waals surface area (Å²) < 4.78 is 15.2. The van der Waals surface area contributed by atoms with Gasteiger partial charge in [0.05, 0.1) is 6.04 Å². The van der Waals surface area contributed by atoms with Gasteiger partial charge in [-0.05, 0) is 5.56 Å². The minimum atomic E-state index is -1.27. The number of hydrogen-bond donors (Lipinski definition) is 1. The van der Waals surface area contributed by atoms with Crippen LogP contribution in [0, 0.1) is 0 Å². The lowest BCUT2D eigenvalue weighted by Crippen LogP contribution is -2.09. The molecule has 0 saturated heterocycles. The first-order valence-corrected chi connectivity index (χ1v) is 5.55. The van der Waals surface area contributed by atoms with E-state index in [0.29, 0.717) is 0 Å². The summed E-state index contributed by atoms with van der Waals surface area (Å²) in [5.74, 6) is -1.49. The Kier molecular flexibility index (Phi) is 2.36. The molecule has 2 atom stereocenters. The van der Waals surface area contributed by atoms with Crippen LogP contribution in [0.3, 0.4) is 0 Å². The molecule has 1 aliphatic rings. The van der Waals surface area contributed by atoms with Crippen molar-refractivity contribution < 1.29 is 14.3 Å². The van der Waals surface area contributed by atoms with Gasteiger partial charge in [0.2, 0.25) is 0 Å². The topological polar surface area (TPSA) is 68.0 Å². The third-order valence-corrected chi connectivity index (χ3v) is 3.04. The first kappa shape index (κ1) is 10.9. The Balaban J connectivity index is 2.05. The Labute approximate surface area is 102 Å². The minimum Gasteiger partial charge on any atom is -0.475 e. The quantitative estimate of drug-likeness (QED) is 0.881. The van der Waals surface area contributed by atoms with E-state index in [1.807, 2.05) is 30.3 Å². The molecule has 6 heteroatoms. The van der Waals surface area contributed by atoms with Gasteiger partial charge < -0.3 is 5.11 Å². The van der Waals surface area contributed by atoms with Crippen LogP contribution in [0.2, 0.25) is 0 Å². The first-order chi connectivity index (χ1) is 8.66. The van der Waals surface area contributed by atoms with Gasteiger partial charge in [0.15, 0.2) is 12.0 Å². The molecule has 1 aromatic carbocycles. The molecule has 2 aromatic rings. The monoisotopic (exact) mass is 247 g/mol. The molecule has 0 radical (unpaired) electrons. The number of nitrogens with zero attached hydrogens (tertiary/aromatic N) is 3. The number of aromatic carboxylic acids is 1. The molecule has 0 bridgehead atoms. The summed E-state index contributed by atoms with van der Waals surface area (Å²) in [6.45, 7) is 0. The number of benzene rings is 1. The molecule has 2 heterocycles. The number of carboxylic acid groups (broad SMARTS) is 1. The zero-order valence-corrected chi connectivity index (χ0v) is 9.32. The highest BCUT2D eigenvalue weighted by Gasteiger charge is 2.36. The van der Waals surface area contributed by atoms with E-state index in [1.54, 1.807) is 0 Å². The number of fused-ring (bicyclic) bond motifs is 1. The molecule has 92 valence electrons. The second kappa shape index (κ2) is 3.90. The van der Waals surface area contributed by atoms with E-state index in [1.165, 1.54) is 4.68 Å². The van der Waals surface area contributed by atoms with Gasteiger partial charge >= 0.3 is 5.97 Å². The van der Waals surface area contributed by atoms with E-state index < -0.39 is 12.1 Å². The number of aromatic nitrogens is 3. The molecular formula is C12H10FN3O2. The van der Waals surface area contributed by atoms with E-state index in [2.05, 4.69) is 10.1 Å². The number of rotatable bonds is 2. The number of hydrogen-bond acceptors (Lipinski definition) is 3. The standard InChI is InChI=1S/C12H10FN3O2/c13-8-6-9(7-4-2-1-3-5-7)16-11(8)14-10(15-16)12(17)18/h1-5,8-9H,6H2,(H,17,18)/t8-,9-/m0/s1. The van der Waals surface area contributed by atoms with Gasteiger partial charge in [-0.1, -0.05) is 30.3 Å². The maximum Gasteiger partial charge on any atom is 0.375 e. The van der Waals surface area contributed by atoms with Gasteiger partial charge in [-0.25, -0.2) is 18.9 Å². The summed E-state index contributed by atoms with van der Waals surface area (Å²) in [5, 5.41) is 12.7. The molecule has 0 aliphatic carbocycles. The summed E-state index contributed by atoms with van der Waals surface area (Å²) in [5.41, 5.74) is 0.903. The van der Waals surface area contributed by atoms with Crippen LogP contribution >= 0.6 is 0 Å². The van der Waals surface area contributed by atoms with Crippen molar-refractivity contribution in [1.29, 1.82) is 0 Å². The van der Waals surface area contributed by atoms with E-state index in [9.17, 15) is 9.18 Å². The van der Waals surface area contributed by atoms with E-state index in [0.717, 1.165) is 5.56 Å². The van der Waals surface area contributed by atoms with Crippen molar-refractivity contribution in [1.82, 2.24) is 14.8 Å². The molecule has 1 aromatic heterocycles. The second-order valence-corrected chi connectivity index (χ2v) is 4.17. The Bertz CT molecular complexity index is 597. The van der Waals surface area contributed by atoms with Crippen molar-refractivity contribution in [2.75, 3.05) is 0 Å². The first-order valence-electron chi connectivity index (χ1n) is 5.55. The Morgan fingerprint density at radius 1 is 1.39 bits per heavy atom. The highest BCUT2D eigenvalue weighted by atomic mass is 19.1. The van der Waals surface area contributed by atoms with E-state index in [-0.39, 0.29) is 24.1 Å². The Morgan fingerprint density at radius 3 is 2.78 bits per heavy atom. The van der Waals surface area contributed by atoms with Crippen molar-refractivity contribution >= 4 is 5.97 Å². The summed E-state index contributed by atoms with van der Waals surface area (Å²) >= 11 is 0. The Morgan fingerprint density at radius 2 is 2.11 bits per heavy atom. The van der Waals surface area contributed by atoms with Crippen LogP contribution in [0.5, 0.6) is 0 Å². The molecule has 18 heavy (non-hydrogen) atoms. The van der Waals surface area contributed by atoms with Crippen LogP contribution in [0.15, 0.2) is 30.3 Å². The molecular weight excluding hydrogens is 237 g/mol. The molecule has 1 aliphatic heterocycles. The summed E-state index contributed by atoms with van der Waals surface area (Å²) in [6, 6.07) is 9.04. The van der Waals surface area contributed by atoms with Crippen LogP contribution < -0.4 is 0 Å². The third-order valence-electron chi connectivity index (χ3n) is 3.04. The summed E-state index contributed by atoms with van der Waals surface area (Å²) in [6.07, 6.45) is -1.02. The van der Waals surface area contributed by atoms with Crippen LogP contribution in [0.1, 0.15) is 40.6 Å². The highest BCUT2D eigenvalue weighted by molar-refractivity contribution is 5.82. The lowest BCUT2D eigenvalue weighted by molar-refractivity contribution is 0.0682. The molecule has 0 spiro atoms. The molecule has 1 N–H and O–H groups in total. The van der Waals surface area contributed by atoms with E-state index in [4.69, 9.17) is 5.11 Å². The van der Waals surface area contributed by atoms with Gasteiger partial charge in [0.25, 0.3) is 5.82 Å². The zero-order chi connectivity index (χ0) is 12.7. The fourth-order valence-electron chi connectivity index (χ4n) is 2.22. The van der Waals surface area contributed by atoms with Gasteiger partial charge in [-0.2, -0.15) is 0 Å². The summed E-state index contributed by atoms with van der Waals surface area (Å²) in [4.78, 5) is 14.5. The largest absolute Gasteiger partial charge is 0.475 e. The van der Waals surface area contributed by atoms with Crippen molar-refractivity contribution in [2.24, 2.45) is 0 Å². The van der Waals surface area contributed by atoms with Crippen molar-refractivity contribution in [3.63, 3.8) is 0 Å². The smallest absolute Gasteiger partial charge is 0.375 e. The van der Waals surface area contributed by atoms with Crippen molar-refractivity contribution in [3.8, 4) is 0 Å². The molecule has 0 fully saturated rings. The predicted molar refractivity (Wildman–Crippen MR) is 60.0 cm³/mol. The number of carboxylic acids is 1. The van der Waals surface area contributed by atoms with E-state index >= 15 is 0 Å². The van der Waals surface area contributed by atoms with Crippen molar-refractivity contribution in [3.05, 3.63) is 47.5 Å². The number of carbonyl (C=O) groups is 1. The Hall–Kier alpha value is -2.24. The van der Waals surface area contributed by atoms with Gasteiger partial charge in [0.1, 0.15) is 0 Å². The zero-order valence-electron chi connectivity index (χ0n) is 9.32. The fourth-order valence-corrected chi connectivity index (χ4v) is 2.22. The van der Waals surface area contributed by atoms with Crippen molar-refractivity contribution in [2.45, 2.75) is 18.6 Å². The summed E-state index contributed by atoms with van der Waals surface area (Å²) in [7, 11) is 0. The fraction of sp³-hybridized carbons (Fsp3) is 0.250. The second-order valence-electron chi connectivity index (χ2n) is 4.17. The third kappa shape index (κ3) is 1.57. The molecule has 0 unspecified atom stereocenters. The van der Waals surface area contributed by atoms with Crippen LogP contribution in [-0.2, 0) is 0 Å². The highest BCUT2D eigenvalue weighted by Crippen LogP contribution is 2.39. The maximum absolute atomic E-state index is 13.8. The SMILES string of the molecule is O=C(O)c1nc2n(n1)[C@H](c1ccccc1)C[C@@H]2F. The lowest BCUT2D eigenvalue weighted by atomic mass is 10.0. The lowest BCUT2D eigenvalue weighted by Gasteiger charge is -2.10. The van der Waals surface area contributed by atoms with Gasteiger partial charge in [-0.15, -0.1) is 5.10 Å². The van der Waals surface area contributed by atoms with Crippen LogP contribution in [0.25, 0.3) is 0 Å². The average molecular weight is 247 g/mol. The minimum absolute atomic E-state index is 0.0984. The molecule has 5 nitrogen and oxygen atoms in total. The molecule has 3 rings (SSSR count). The molecule has 0 saturated carbocycles. The van der Waals surface area contributed by atoms with Gasteiger partial charge in [-0.3, -0.25) is 0 Å². The average Bonchev–Trinajstić information content (AvgIpc) is 2.92. The van der Waals surface area contributed by atoms with Crippen LogP contribution in [0.4, 0.5) is 4.39 Å². The number of alkyl halides is 1. The maximum atomic E-state index is 13.8. The normalized spacial score (nSPS) is 21.8. The predicted octanol–water partition coefficient (Wildman–Crippen LogP) is 1.98. The number of halogens is 1. The van der Waals surface area contributed by atoms with Crippen LogP contribution in [-0.4, -0.2) is 25.8 Å². The van der Waals surface area contributed by atoms with Gasteiger partial charge in [0, 0.05) is 6.42 Å².